The van der Waals surface area contributed by atoms with Crippen LogP contribution in [0.3, 0.4) is 0 Å². The predicted octanol–water partition coefficient (Wildman–Crippen LogP) is 2.97. The molecule has 73 valence electrons. The summed E-state index contributed by atoms with van der Waals surface area (Å²) in [6, 6.07) is 0. The van der Waals surface area contributed by atoms with Gasteiger partial charge in [0.15, 0.2) is 0 Å². The second kappa shape index (κ2) is 8.57. The maximum Gasteiger partial charge on any atom is 0.305 e. The highest BCUT2D eigenvalue weighted by molar-refractivity contribution is 5.69. The van der Waals surface area contributed by atoms with E-state index >= 15 is 0 Å². The standard InChI is InChI=1S/C8H13O2.2CH4/c9-8-6-4-2-1-3-5-7-10-8;;/h3H,1-2,4-7H2;2*1H4. The van der Waals surface area contributed by atoms with Gasteiger partial charge in [0, 0.05) is 6.42 Å². The third kappa shape index (κ3) is 6.20. The third-order valence-corrected chi connectivity index (χ3v) is 1.62. The minimum absolute atomic E-state index is 0. The summed E-state index contributed by atoms with van der Waals surface area (Å²) in [6.45, 7) is 0.582. The van der Waals surface area contributed by atoms with Crippen LogP contribution < -0.4 is 0 Å². The summed E-state index contributed by atoms with van der Waals surface area (Å²) in [6.07, 6.45) is 6.97. The average Bonchev–Trinajstić information content (AvgIpc) is 2.02. The summed E-state index contributed by atoms with van der Waals surface area (Å²) in [5.74, 6) is -0.0321. The topological polar surface area (TPSA) is 26.3 Å². The molecule has 1 aliphatic rings. The molecule has 0 bridgehead atoms. The first-order chi connectivity index (χ1) is 4.89. The molecule has 2 nitrogen and oxygen atoms in total. The van der Waals surface area contributed by atoms with Gasteiger partial charge in [-0.3, -0.25) is 4.79 Å². The molecule has 12 heavy (non-hydrogen) atoms. The molecule has 1 radical (unpaired) electrons. The molecular weight excluding hydrogens is 152 g/mol. The Hall–Kier alpha value is -0.530. The van der Waals surface area contributed by atoms with Gasteiger partial charge in [-0.2, -0.15) is 0 Å². The predicted molar refractivity (Wildman–Crippen MR) is 51.8 cm³/mol. The van der Waals surface area contributed by atoms with Crippen molar-refractivity contribution in [2.75, 3.05) is 6.61 Å². The smallest absolute Gasteiger partial charge is 0.305 e. The van der Waals surface area contributed by atoms with E-state index < -0.39 is 0 Å². The number of rotatable bonds is 0. The molecule has 1 saturated heterocycles. The van der Waals surface area contributed by atoms with Crippen LogP contribution in [0.1, 0.15) is 47.0 Å². The molecule has 0 aromatic carbocycles. The molecule has 0 aliphatic carbocycles. The highest BCUT2D eigenvalue weighted by Gasteiger charge is 2.04. The van der Waals surface area contributed by atoms with Crippen molar-refractivity contribution in [1.82, 2.24) is 0 Å². The lowest BCUT2D eigenvalue weighted by atomic mass is 10.1. The Bertz CT molecular complexity index is 98.4. The molecule has 2 heteroatoms. The quantitative estimate of drug-likeness (QED) is 0.526. The minimum atomic E-state index is -0.0321. The van der Waals surface area contributed by atoms with E-state index in [4.69, 9.17) is 4.74 Å². The van der Waals surface area contributed by atoms with E-state index in [1.165, 1.54) is 0 Å². The van der Waals surface area contributed by atoms with Crippen LogP contribution >= 0.6 is 0 Å². The lowest BCUT2D eigenvalue weighted by Crippen LogP contribution is -2.03. The van der Waals surface area contributed by atoms with Gasteiger partial charge in [-0.25, -0.2) is 0 Å². The summed E-state index contributed by atoms with van der Waals surface area (Å²) in [7, 11) is 0. The Morgan fingerprint density at radius 2 is 1.92 bits per heavy atom. The zero-order valence-electron chi connectivity index (χ0n) is 6.14. The van der Waals surface area contributed by atoms with Gasteiger partial charge in [0.25, 0.3) is 0 Å². The first-order valence-electron chi connectivity index (χ1n) is 3.87. The van der Waals surface area contributed by atoms with Crippen LogP contribution in [0.2, 0.25) is 0 Å². The number of carbonyl (C=O) groups is 1. The van der Waals surface area contributed by atoms with Crippen LogP contribution in [-0.4, -0.2) is 12.6 Å². The Morgan fingerprint density at radius 3 is 2.67 bits per heavy atom. The van der Waals surface area contributed by atoms with Crippen LogP contribution in [0.15, 0.2) is 0 Å². The monoisotopic (exact) mass is 173 g/mol. The first kappa shape index (κ1) is 14.0. The van der Waals surface area contributed by atoms with E-state index in [2.05, 4.69) is 6.42 Å². The maximum absolute atomic E-state index is 10.8. The zero-order valence-corrected chi connectivity index (χ0v) is 6.14. The molecule has 0 atom stereocenters. The molecule has 1 rings (SSSR count). The van der Waals surface area contributed by atoms with E-state index in [-0.39, 0.29) is 20.8 Å². The van der Waals surface area contributed by atoms with E-state index in [9.17, 15) is 4.79 Å². The van der Waals surface area contributed by atoms with Crippen molar-refractivity contribution in [3.63, 3.8) is 0 Å². The normalized spacial score (nSPS) is 18.5. The Labute approximate surface area is 76.3 Å². The Kier molecular flexibility index (Phi) is 10.0. The Balaban J connectivity index is 0. The number of carbonyl (C=O) groups excluding carboxylic acids is 1. The maximum atomic E-state index is 10.8. The van der Waals surface area contributed by atoms with Gasteiger partial charge in [0.2, 0.25) is 0 Å². The molecule has 1 aliphatic heterocycles. The van der Waals surface area contributed by atoms with Crippen molar-refractivity contribution >= 4 is 5.97 Å². The van der Waals surface area contributed by atoms with Crippen molar-refractivity contribution < 1.29 is 9.53 Å². The number of ether oxygens (including phenoxy) is 1. The van der Waals surface area contributed by atoms with Crippen LogP contribution in [0.25, 0.3) is 0 Å². The van der Waals surface area contributed by atoms with Gasteiger partial charge in [0.1, 0.15) is 0 Å². The summed E-state index contributed by atoms with van der Waals surface area (Å²) in [4.78, 5) is 10.8. The molecular formula is C10H21O2. The van der Waals surface area contributed by atoms with E-state index in [0.717, 1.165) is 25.7 Å². The van der Waals surface area contributed by atoms with Gasteiger partial charge >= 0.3 is 5.97 Å². The zero-order chi connectivity index (χ0) is 7.23. The molecule has 0 N–H and O–H groups in total. The lowest BCUT2D eigenvalue weighted by Gasteiger charge is -1.99. The second-order valence-electron chi connectivity index (χ2n) is 2.54. The van der Waals surface area contributed by atoms with Crippen molar-refractivity contribution in [2.45, 2.75) is 47.0 Å². The number of cyclic esters (lactones) is 1. The van der Waals surface area contributed by atoms with Gasteiger partial charge in [-0.1, -0.05) is 27.7 Å². The highest BCUT2D eigenvalue weighted by atomic mass is 16.5. The molecule has 0 amide bonds. The molecule has 1 heterocycles. The fourth-order valence-electron chi connectivity index (χ4n) is 1.03. The summed E-state index contributed by atoms with van der Waals surface area (Å²) < 4.78 is 4.89. The van der Waals surface area contributed by atoms with Crippen LogP contribution in [0.5, 0.6) is 0 Å². The van der Waals surface area contributed by atoms with Gasteiger partial charge < -0.3 is 4.74 Å². The molecule has 0 aromatic heterocycles. The van der Waals surface area contributed by atoms with Crippen LogP contribution in [0, 0.1) is 6.42 Å². The summed E-state index contributed by atoms with van der Waals surface area (Å²) >= 11 is 0. The van der Waals surface area contributed by atoms with E-state index in [1.807, 2.05) is 0 Å². The third-order valence-electron chi connectivity index (χ3n) is 1.62. The van der Waals surface area contributed by atoms with Crippen LogP contribution in [0.4, 0.5) is 0 Å². The van der Waals surface area contributed by atoms with Crippen molar-refractivity contribution in [1.29, 1.82) is 0 Å². The fraction of sp³-hybridized carbons (Fsp3) is 0.800. The van der Waals surface area contributed by atoms with Gasteiger partial charge in [-0.05, 0) is 19.3 Å². The van der Waals surface area contributed by atoms with Crippen molar-refractivity contribution in [2.24, 2.45) is 0 Å². The molecule has 0 unspecified atom stereocenters. The summed E-state index contributed by atoms with van der Waals surface area (Å²) in [5.41, 5.74) is 0. The van der Waals surface area contributed by atoms with Gasteiger partial charge in [-0.15, -0.1) is 0 Å². The number of esters is 1. The van der Waals surface area contributed by atoms with E-state index in [0.29, 0.717) is 13.0 Å². The Morgan fingerprint density at radius 1 is 1.17 bits per heavy atom. The minimum Gasteiger partial charge on any atom is -0.466 e. The molecule has 0 aromatic rings. The van der Waals surface area contributed by atoms with Crippen molar-refractivity contribution in [3.8, 4) is 0 Å². The molecule has 0 saturated carbocycles. The average molecular weight is 173 g/mol. The SMILES string of the molecule is C.C.O=C1CCCC[CH]CCO1. The first-order valence-corrected chi connectivity index (χ1v) is 3.87. The molecule has 0 spiro atoms. The second-order valence-corrected chi connectivity index (χ2v) is 2.54. The lowest BCUT2D eigenvalue weighted by molar-refractivity contribution is -0.143. The number of hydrogen-bond acceptors (Lipinski definition) is 2. The fourth-order valence-corrected chi connectivity index (χ4v) is 1.03. The van der Waals surface area contributed by atoms with Crippen LogP contribution in [-0.2, 0) is 9.53 Å². The number of hydrogen-bond donors (Lipinski definition) is 0. The largest absolute Gasteiger partial charge is 0.466 e. The summed E-state index contributed by atoms with van der Waals surface area (Å²) in [5, 5.41) is 0. The van der Waals surface area contributed by atoms with Crippen molar-refractivity contribution in [3.05, 3.63) is 6.42 Å². The van der Waals surface area contributed by atoms with E-state index in [1.54, 1.807) is 0 Å². The van der Waals surface area contributed by atoms with Gasteiger partial charge in [0.05, 0.1) is 6.61 Å². The molecule has 1 fully saturated rings. The highest BCUT2D eigenvalue weighted by Crippen LogP contribution is 2.08.